The number of hydrogen-bond acceptors (Lipinski definition) is 4. The van der Waals surface area contributed by atoms with Crippen LogP contribution in [0.25, 0.3) is 5.65 Å². The molecule has 5 nitrogen and oxygen atoms in total. The van der Waals surface area contributed by atoms with Crippen LogP contribution in [0, 0.1) is 6.92 Å². The summed E-state index contributed by atoms with van der Waals surface area (Å²) < 4.78 is 6.74. The molecule has 0 radical (unpaired) electrons. The maximum Gasteiger partial charge on any atom is 0.338 e. The number of rotatable bonds is 4. The fourth-order valence-corrected chi connectivity index (χ4v) is 2.03. The number of unbranched alkanes of at least 4 members (excludes halogenated alkanes) is 1. The van der Waals surface area contributed by atoms with Gasteiger partial charge in [-0.05, 0) is 31.9 Å². The van der Waals surface area contributed by atoms with Gasteiger partial charge < -0.3 is 4.74 Å². The molecule has 0 aliphatic rings. The van der Waals surface area contributed by atoms with Crippen LogP contribution in [0.5, 0.6) is 0 Å². The van der Waals surface area contributed by atoms with Crippen molar-refractivity contribution in [1.82, 2.24) is 14.6 Å². The SMILES string of the molecule is CCCCc1cc(C(=O)OC)cc2nnc(C)n12. The third-order valence-corrected chi connectivity index (χ3v) is 2.95. The van der Waals surface area contributed by atoms with E-state index in [4.69, 9.17) is 4.74 Å². The standard InChI is InChI=1S/C13H17N3O2/c1-4-5-6-11-7-10(13(17)18-3)8-12-15-14-9(2)16(11)12/h7-8H,4-6H2,1-3H3. The van der Waals surface area contributed by atoms with Gasteiger partial charge in [-0.15, -0.1) is 10.2 Å². The molecule has 0 N–H and O–H groups in total. The van der Waals surface area contributed by atoms with Gasteiger partial charge in [-0.2, -0.15) is 0 Å². The lowest BCUT2D eigenvalue weighted by Crippen LogP contribution is -2.06. The first kappa shape index (κ1) is 12.5. The van der Waals surface area contributed by atoms with Crippen LogP contribution in [0.3, 0.4) is 0 Å². The van der Waals surface area contributed by atoms with Gasteiger partial charge in [0, 0.05) is 5.69 Å². The van der Waals surface area contributed by atoms with Crippen molar-refractivity contribution in [1.29, 1.82) is 0 Å². The Balaban J connectivity index is 2.54. The number of carbonyl (C=O) groups excluding carboxylic acids is 1. The first-order valence-corrected chi connectivity index (χ1v) is 6.10. The maximum absolute atomic E-state index is 11.6. The van der Waals surface area contributed by atoms with Crippen LogP contribution in [0.1, 0.15) is 41.6 Å². The molecular weight excluding hydrogens is 230 g/mol. The minimum atomic E-state index is -0.337. The fourth-order valence-electron chi connectivity index (χ4n) is 2.03. The van der Waals surface area contributed by atoms with Crippen molar-refractivity contribution in [2.75, 3.05) is 7.11 Å². The topological polar surface area (TPSA) is 56.5 Å². The van der Waals surface area contributed by atoms with Crippen molar-refractivity contribution in [3.8, 4) is 0 Å². The summed E-state index contributed by atoms with van der Waals surface area (Å²) in [4.78, 5) is 11.6. The van der Waals surface area contributed by atoms with Gasteiger partial charge in [-0.3, -0.25) is 4.40 Å². The Labute approximate surface area is 106 Å². The first-order chi connectivity index (χ1) is 8.67. The molecule has 2 heterocycles. The van der Waals surface area contributed by atoms with E-state index in [9.17, 15) is 4.79 Å². The van der Waals surface area contributed by atoms with Crippen molar-refractivity contribution in [2.45, 2.75) is 33.1 Å². The van der Waals surface area contributed by atoms with E-state index in [-0.39, 0.29) is 5.97 Å². The van der Waals surface area contributed by atoms with Gasteiger partial charge in [-0.25, -0.2) is 4.79 Å². The van der Waals surface area contributed by atoms with Gasteiger partial charge in [0.15, 0.2) is 5.65 Å². The van der Waals surface area contributed by atoms with Gasteiger partial charge >= 0.3 is 5.97 Å². The fraction of sp³-hybridized carbons (Fsp3) is 0.462. The predicted molar refractivity (Wildman–Crippen MR) is 67.7 cm³/mol. The van der Waals surface area contributed by atoms with Crippen molar-refractivity contribution in [3.63, 3.8) is 0 Å². The Morgan fingerprint density at radius 1 is 1.39 bits per heavy atom. The molecule has 5 heteroatoms. The molecule has 2 aromatic rings. The smallest absolute Gasteiger partial charge is 0.338 e. The Morgan fingerprint density at radius 3 is 2.83 bits per heavy atom. The summed E-state index contributed by atoms with van der Waals surface area (Å²) in [6.07, 6.45) is 3.07. The number of nitrogens with zero attached hydrogens (tertiary/aromatic N) is 3. The van der Waals surface area contributed by atoms with Crippen molar-refractivity contribution in [3.05, 3.63) is 29.2 Å². The van der Waals surface area contributed by atoms with Crippen LogP contribution >= 0.6 is 0 Å². The molecule has 0 saturated heterocycles. The van der Waals surface area contributed by atoms with Crippen molar-refractivity contribution < 1.29 is 9.53 Å². The lowest BCUT2D eigenvalue weighted by Gasteiger charge is -2.08. The summed E-state index contributed by atoms with van der Waals surface area (Å²) >= 11 is 0. The lowest BCUT2D eigenvalue weighted by molar-refractivity contribution is 0.0600. The zero-order valence-corrected chi connectivity index (χ0v) is 10.9. The van der Waals surface area contributed by atoms with E-state index in [2.05, 4.69) is 17.1 Å². The van der Waals surface area contributed by atoms with Crippen LogP contribution in [-0.2, 0) is 11.2 Å². The lowest BCUT2D eigenvalue weighted by atomic mass is 10.1. The highest BCUT2D eigenvalue weighted by Crippen LogP contribution is 2.15. The zero-order valence-electron chi connectivity index (χ0n) is 10.9. The molecule has 18 heavy (non-hydrogen) atoms. The second kappa shape index (κ2) is 5.16. The van der Waals surface area contributed by atoms with Gasteiger partial charge in [0.1, 0.15) is 5.82 Å². The zero-order chi connectivity index (χ0) is 13.1. The summed E-state index contributed by atoms with van der Waals surface area (Å²) in [6, 6.07) is 3.58. The van der Waals surface area contributed by atoms with Crippen LogP contribution in [0.15, 0.2) is 12.1 Å². The van der Waals surface area contributed by atoms with E-state index in [1.807, 2.05) is 17.4 Å². The summed E-state index contributed by atoms with van der Waals surface area (Å²) in [5, 5.41) is 8.12. The predicted octanol–water partition coefficient (Wildman–Crippen LogP) is 2.17. The molecule has 0 unspecified atom stereocenters. The van der Waals surface area contributed by atoms with E-state index in [0.717, 1.165) is 30.8 Å². The molecule has 2 aromatic heterocycles. The Bertz CT molecular complexity index is 575. The summed E-state index contributed by atoms with van der Waals surface area (Å²) in [7, 11) is 1.38. The number of methoxy groups -OCH3 is 1. The van der Waals surface area contributed by atoms with Crippen LogP contribution in [-0.4, -0.2) is 27.7 Å². The molecule has 0 aliphatic heterocycles. The van der Waals surface area contributed by atoms with Gasteiger partial charge in [0.2, 0.25) is 0 Å². The highest BCUT2D eigenvalue weighted by atomic mass is 16.5. The Morgan fingerprint density at radius 2 is 2.17 bits per heavy atom. The third-order valence-electron chi connectivity index (χ3n) is 2.95. The van der Waals surface area contributed by atoms with Gasteiger partial charge in [-0.1, -0.05) is 13.3 Å². The van der Waals surface area contributed by atoms with Crippen LogP contribution in [0.4, 0.5) is 0 Å². The molecule has 0 spiro atoms. The molecule has 0 amide bonds. The first-order valence-electron chi connectivity index (χ1n) is 6.10. The van der Waals surface area contributed by atoms with E-state index in [1.54, 1.807) is 6.07 Å². The van der Waals surface area contributed by atoms with Gasteiger partial charge in [0.05, 0.1) is 12.7 Å². The molecule has 2 rings (SSSR count). The number of pyridine rings is 1. The summed E-state index contributed by atoms with van der Waals surface area (Å²) in [5.74, 6) is 0.503. The molecule has 0 atom stereocenters. The van der Waals surface area contributed by atoms with Crippen LogP contribution < -0.4 is 0 Å². The number of aromatic nitrogens is 3. The minimum absolute atomic E-state index is 0.337. The van der Waals surface area contributed by atoms with E-state index in [0.29, 0.717) is 11.2 Å². The minimum Gasteiger partial charge on any atom is -0.465 e. The molecule has 96 valence electrons. The largest absolute Gasteiger partial charge is 0.465 e. The second-order valence-corrected chi connectivity index (χ2v) is 4.27. The monoisotopic (exact) mass is 247 g/mol. The highest BCUT2D eigenvalue weighted by molar-refractivity contribution is 5.90. The molecule has 0 fully saturated rings. The number of carbonyl (C=O) groups is 1. The molecule has 0 saturated carbocycles. The number of esters is 1. The number of aryl methyl sites for hydroxylation is 2. The quantitative estimate of drug-likeness (QED) is 0.777. The van der Waals surface area contributed by atoms with Crippen molar-refractivity contribution >= 4 is 11.6 Å². The third kappa shape index (κ3) is 2.20. The number of hydrogen-bond donors (Lipinski definition) is 0. The second-order valence-electron chi connectivity index (χ2n) is 4.27. The maximum atomic E-state index is 11.6. The Hall–Kier alpha value is -1.91. The van der Waals surface area contributed by atoms with Crippen LogP contribution in [0.2, 0.25) is 0 Å². The molecule has 0 aliphatic carbocycles. The number of fused-ring (bicyclic) bond motifs is 1. The molecule has 0 bridgehead atoms. The Kier molecular flexibility index (Phi) is 3.60. The van der Waals surface area contributed by atoms with Crippen molar-refractivity contribution in [2.24, 2.45) is 0 Å². The van der Waals surface area contributed by atoms with E-state index < -0.39 is 0 Å². The summed E-state index contributed by atoms with van der Waals surface area (Å²) in [6.45, 7) is 4.05. The average molecular weight is 247 g/mol. The number of ether oxygens (including phenoxy) is 1. The van der Waals surface area contributed by atoms with E-state index >= 15 is 0 Å². The normalized spacial score (nSPS) is 10.8. The highest BCUT2D eigenvalue weighted by Gasteiger charge is 2.13. The molecular formula is C13H17N3O2. The molecule has 0 aromatic carbocycles. The van der Waals surface area contributed by atoms with Gasteiger partial charge in [0.25, 0.3) is 0 Å². The summed E-state index contributed by atoms with van der Waals surface area (Å²) in [5.41, 5.74) is 2.28. The van der Waals surface area contributed by atoms with E-state index in [1.165, 1.54) is 7.11 Å². The average Bonchev–Trinajstić information content (AvgIpc) is 2.76.